The van der Waals surface area contributed by atoms with Crippen molar-refractivity contribution in [3.8, 4) is 17.1 Å². The first-order valence-electron chi connectivity index (χ1n) is 9.13. The zero-order valence-electron chi connectivity index (χ0n) is 15.5. The van der Waals surface area contributed by atoms with Crippen molar-refractivity contribution in [1.82, 2.24) is 30.2 Å². The quantitative estimate of drug-likeness (QED) is 0.659. The van der Waals surface area contributed by atoms with Gasteiger partial charge in [-0.25, -0.2) is 9.67 Å². The highest BCUT2D eigenvalue weighted by Gasteiger charge is 2.39. The van der Waals surface area contributed by atoms with Gasteiger partial charge in [0.15, 0.2) is 17.3 Å². The topological polar surface area (TPSA) is 123 Å². The molecule has 2 aliphatic heterocycles. The first-order chi connectivity index (χ1) is 14.0. The first-order valence-corrected chi connectivity index (χ1v) is 9.13. The monoisotopic (exact) mass is 392 g/mol. The number of hydrogen-bond donors (Lipinski definition) is 1. The Balaban J connectivity index is 1.42. The van der Waals surface area contributed by atoms with Gasteiger partial charge in [-0.15, -0.1) is 5.10 Å². The fourth-order valence-corrected chi connectivity index (χ4v) is 3.67. The number of hydrogen-bond acceptors (Lipinski definition) is 7. The van der Waals surface area contributed by atoms with Gasteiger partial charge < -0.3 is 9.32 Å². The summed E-state index contributed by atoms with van der Waals surface area (Å²) in [6.07, 6.45) is 3.83. The van der Waals surface area contributed by atoms with Crippen LogP contribution in [0.15, 0.2) is 35.0 Å². The van der Waals surface area contributed by atoms with Gasteiger partial charge in [0, 0.05) is 25.5 Å². The largest absolute Gasteiger partial charge is 0.439 e. The molecule has 1 N–H and O–H groups in total. The van der Waals surface area contributed by atoms with E-state index in [0.717, 1.165) is 5.56 Å². The number of benzene rings is 1. The Kier molecular flexibility index (Phi) is 3.79. The van der Waals surface area contributed by atoms with Crippen LogP contribution < -0.4 is 5.32 Å². The van der Waals surface area contributed by atoms with Crippen LogP contribution in [-0.2, 0) is 16.1 Å². The van der Waals surface area contributed by atoms with E-state index in [1.54, 1.807) is 30.1 Å². The number of imide groups is 1. The number of carbonyl (C=O) groups excluding carboxylic acids is 3. The molecule has 10 nitrogen and oxygen atoms in total. The molecule has 0 saturated carbocycles. The molecule has 3 aromatic rings. The van der Waals surface area contributed by atoms with E-state index in [2.05, 4.69) is 20.6 Å². The zero-order valence-corrected chi connectivity index (χ0v) is 15.5. The van der Waals surface area contributed by atoms with Crippen LogP contribution in [0.3, 0.4) is 0 Å². The number of amides is 3. The Morgan fingerprint density at radius 3 is 2.86 bits per heavy atom. The van der Waals surface area contributed by atoms with E-state index in [4.69, 9.17) is 4.42 Å². The van der Waals surface area contributed by atoms with Gasteiger partial charge in [0.2, 0.25) is 11.8 Å². The number of aryl methyl sites for hydroxylation is 1. The third kappa shape index (κ3) is 2.89. The standard InChI is InChI=1S/C19H16N6O4/c1-10-20-7-16(29-10)14-9-25(23-22-14)12-3-2-11-8-24(19(28)13(11)6-12)15-4-5-17(26)21-18(15)27/h2-3,6-7,9,15H,4-5,8H2,1H3,(H,21,26,27). The number of rotatable bonds is 3. The molecular weight excluding hydrogens is 376 g/mol. The number of nitrogens with one attached hydrogen (secondary N) is 1. The molecule has 0 bridgehead atoms. The molecule has 0 radical (unpaired) electrons. The maximum atomic E-state index is 12.9. The molecule has 10 heteroatoms. The fraction of sp³-hybridized carbons (Fsp3) is 0.263. The predicted octanol–water partition coefficient (Wildman–Crippen LogP) is 0.992. The Labute approximate surface area is 164 Å². The maximum absolute atomic E-state index is 12.9. The Hall–Kier alpha value is -3.82. The average Bonchev–Trinajstić information content (AvgIpc) is 3.41. The lowest BCUT2D eigenvalue weighted by atomic mass is 10.0. The number of piperidine rings is 1. The molecule has 0 spiro atoms. The lowest BCUT2D eigenvalue weighted by Crippen LogP contribution is -2.52. The number of aromatic nitrogens is 4. The van der Waals surface area contributed by atoms with E-state index in [0.29, 0.717) is 41.6 Å². The summed E-state index contributed by atoms with van der Waals surface area (Å²) < 4.78 is 7.01. The van der Waals surface area contributed by atoms with Gasteiger partial charge in [-0.1, -0.05) is 11.3 Å². The van der Waals surface area contributed by atoms with E-state index in [1.807, 2.05) is 12.1 Å². The third-order valence-electron chi connectivity index (χ3n) is 5.14. The van der Waals surface area contributed by atoms with E-state index in [-0.39, 0.29) is 18.2 Å². The molecule has 1 aromatic carbocycles. The van der Waals surface area contributed by atoms with Gasteiger partial charge in [0.25, 0.3) is 5.91 Å². The van der Waals surface area contributed by atoms with Gasteiger partial charge in [0.1, 0.15) is 6.04 Å². The minimum Gasteiger partial charge on any atom is -0.439 e. The van der Waals surface area contributed by atoms with Crippen molar-refractivity contribution < 1.29 is 18.8 Å². The number of oxazole rings is 1. The molecule has 1 saturated heterocycles. The lowest BCUT2D eigenvalue weighted by molar-refractivity contribution is -0.136. The van der Waals surface area contributed by atoms with E-state index in [1.165, 1.54) is 4.90 Å². The van der Waals surface area contributed by atoms with Crippen LogP contribution in [0.2, 0.25) is 0 Å². The molecule has 29 heavy (non-hydrogen) atoms. The second-order valence-corrected chi connectivity index (χ2v) is 7.03. The number of fused-ring (bicyclic) bond motifs is 1. The molecule has 2 aromatic heterocycles. The third-order valence-corrected chi connectivity index (χ3v) is 5.14. The minimum atomic E-state index is -0.635. The van der Waals surface area contributed by atoms with Crippen LogP contribution in [0.1, 0.15) is 34.7 Å². The summed E-state index contributed by atoms with van der Waals surface area (Å²) in [5.74, 6) is 0.0799. The second-order valence-electron chi connectivity index (χ2n) is 7.03. The molecule has 3 amide bonds. The fourth-order valence-electron chi connectivity index (χ4n) is 3.67. The average molecular weight is 392 g/mol. The van der Waals surface area contributed by atoms with Crippen molar-refractivity contribution >= 4 is 17.7 Å². The predicted molar refractivity (Wildman–Crippen MR) is 97.6 cm³/mol. The summed E-state index contributed by atoms with van der Waals surface area (Å²) in [6, 6.07) is 4.77. The summed E-state index contributed by atoms with van der Waals surface area (Å²) in [5.41, 5.74) is 2.54. The Bertz CT molecular complexity index is 1160. The van der Waals surface area contributed by atoms with Crippen molar-refractivity contribution in [2.75, 3.05) is 0 Å². The van der Waals surface area contributed by atoms with Crippen LogP contribution in [0.5, 0.6) is 0 Å². The van der Waals surface area contributed by atoms with Crippen molar-refractivity contribution in [1.29, 1.82) is 0 Å². The normalized spacial score (nSPS) is 18.9. The molecule has 0 aliphatic carbocycles. The molecule has 2 aliphatic rings. The smallest absolute Gasteiger partial charge is 0.255 e. The molecule has 4 heterocycles. The van der Waals surface area contributed by atoms with Gasteiger partial charge in [-0.3, -0.25) is 19.7 Å². The summed E-state index contributed by atoms with van der Waals surface area (Å²) in [6.45, 7) is 2.08. The lowest BCUT2D eigenvalue weighted by Gasteiger charge is -2.29. The van der Waals surface area contributed by atoms with E-state index < -0.39 is 11.9 Å². The maximum Gasteiger partial charge on any atom is 0.255 e. The highest BCUT2D eigenvalue weighted by Crippen LogP contribution is 2.29. The molecule has 1 fully saturated rings. The van der Waals surface area contributed by atoms with Crippen LogP contribution in [0.4, 0.5) is 0 Å². The first kappa shape index (κ1) is 17.3. The molecule has 5 rings (SSSR count). The van der Waals surface area contributed by atoms with Crippen molar-refractivity contribution in [3.05, 3.63) is 47.6 Å². The molecule has 1 unspecified atom stereocenters. The van der Waals surface area contributed by atoms with Gasteiger partial charge in [-0.2, -0.15) is 0 Å². The van der Waals surface area contributed by atoms with E-state index in [9.17, 15) is 14.4 Å². The summed E-state index contributed by atoms with van der Waals surface area (Å²) in [4.78, 5) is 42.0. The van der Waals surface area contributed by atoms with Crippen LogP contribution in [-0.4, -0.2) is 48.6 Å². The van der Waals surface area contributed by atoms with Crippen LogP contribution in [0, 0.1) is 6.92 Å². The highest BCUT2D eigenvalue weighted by atomic mass is 16.4. The minimum absolute atomic E-state index is 0.227. The Morgan fingerprint density at radius 1 is 1.24 bits per heavy atom. The van der Waals surface area contributed by atoms with Gasteiger partial charge in [-0.05, 0) is 24.1 Å². The van der Waals surface area contributed by atoms with Crippen molar-refractivity contribution in [2.45, 2.75) is 32.4 Å². The second kappa shape index (κ2) is 6.36. The summed E-state index contributed by atoms with van der Waals surface area (Å²) >= 11 is 0. The highest BCUT2D eigenvalue weighted by molar-refractivity contribution is 6.05. The summed E-state index contributed by atoms with van der Waals surface area (Å²) in [5, 5.41) is 10.5. The molecule has 146 valence electrons. The van der Waals surface area contributed by atoms with E-state index >= 15 is 0 Å². The van der Waals surface area contributed by atoms with Crippen LogP contribution in [0.25, 0.3) is 17.1 Å². The van der Waals surface area contributed by atoms with Crippen molar-refractivity contribution in [3.63, 3.8) is 0 Å². The Morgan fingerprint density at radius 2 is 2.10 bits per heavy atom. The summed E-state index contributed by atoms with van der Waals surface area (Å²) in [7, 11) is 0. The zero-order chi connectivity index (χ0) is 20.1. The SMILES string of the molecule is Cc1ncc(-c2cn(-c3ccc4c(c3)C(=O)N(C3CCC(=O)NC3=O)C4)nn2)o1. The number of nitrogens with zero attached hydrogens (tertiary/aromatic N) is 5. The number of carbonyl (C=O) groups is 3. The van der Waals surface area contributed by atoms with Gasteiger partial charge in [0.05, 0.1) is 18.1 Å². The van der Waals surface area contributed by atoms with Crippen molar-refractivity contribution in [2.24, 2.45) is 0 Å². The molecule has 1 atom stereocenters. The molecular formula is C19H16N6O4. The van der Waals surface area contributed by atoms with Crippen LogP contribution >= 0.6 is 0 Å². The van der Waals surface area contributed by atoms with Gasteiger partial charge >= 0.3 is 0 Å².